The molecule has 0 atom stereocenters. The minimum atomic E-state index is -0.0995. The number of hydrogen-bond donors (Lipinski definition) is 1. The van der Waals surface area contributed by atoms with Crippen LogP contribution in [-0.4, -0.2) is 22.0 Å². The molecule has 0 saturated carbocycles. The smallest absolute Gasteiger partial charge is 0.262 e. The maximum Gasteiger partial charge on any atom is 0.262 e. The van der Waals surface area contributed by atoms with E-state index in [0.29, 0.717) is 16.4 Å². The number of hydrogen-bond acceptors (Lipinski definition) is 3. The molecular weight excluding hydrogens is 330 g/mol. The first kappa shape index (κ1) is 16.0. The predicted molar refractivity (Wildman–Crippen MR) is 95.4 cm³/mol. The minimum Gasteiger partial charge on any atom is -0.351 e. The van der Waals surface area contributed by atoms with Crippen molar-refractivity contribution in [3.8, 4) is 0 Å². The van der Waals surface area contributed by atoms with Crippen LogP contribution < -0.4 is 5.32 Å². The fourth-order valence-corrected chi connectivity index (χ4v) is 3.98. The fourth-order valence-electron chi connectivity index (χ4n) is 2.55. The second-order valence-electron chi connectivity index (χ2n) is 5.24. The maximum absolute atomic E-state index is 12.3. The van der Waals surface area contributed by atoms with Crippen molar-refractivity contribution in [2.75, 3.05) is 6.54 Å². The summed E-state index contributed by atoms with van der Waals surface area (Å²) in [5.41, 5.74) is 0. The van der Waals surface area contributed by atoms with Crippen LogP contribution in [0.3, 0.4) is 0 Å². The molecule has 0 spiro atoms. The van der Waals surface area contributed by atoms with E-state index < -0.39 is 0 Å². The normalized spacial score (nSPS) is 11.0. The van der Waals surface area contributed by atoms with Crippen LogP contribution in [0.5, 0.6) is 0 Å². The molecule has 3 aromatic rings. The number of carbonyl (C=O) groups excluding carboxylic acids is 1. The van der Waals surface area contributed by atoms with E-state index in [-0.39, 0.29) is 5.91 Å². The van der Waals surface area contributed by atoms with Gasteiger partial charge in [-0.05, 0) is 12.5 Å². The van der Waals surface area contributed by atoms with Crippen molar-refractivity contribution in [1.82, 2.24) is 14.9 Å². The zero-order valence-corrected chi connectivity index (χ0v) is 14.5. The summed E-state index contributed by atoms with van der Waals surface area (Å²) in [5.74, 6) is 0.974. The van der Waals surface area contributed by atoms with Gasteiger partial charge in [-0.3, -0.25) is 4.79 Å². The largest absolute Gasteiger partial charge is 0.351 e. The van der Waals surface area contributed by atoms with Crippen LogP contribution in [-0.2, 0) is 13.0 Å². The summed E-state index contributed by atoms with van der Waals surface area (Å²) in [4.78, 5) is 17.2. The first-order valence-electron chi connectivity index (χ1n) is 7.66. The molecule has 23 heavy (non-hydrogen) atoms. The number of halogens is 1. The lowest BCUT2D eigenvalue weighted by atomic mass is 10.2. The first-order chi connectivity index (χ1) is 11.2. The third kappa shape index (κ3) is 3.41. The van der Waals surface area contributed by atoms with Gasteiger partial charge in [-0.15, -0.1) is 11.3 Å². The predicted octanol–water partition coefficient (Wildman–Crippen LogP) is 4.13. The van der Waals surface area contributed by atoms with Gasteiger partial charge in [0.1, 0.15) is 10.7 Å². The van der Waals surface area contributed by atoms with Crippen LogP contribution in [0.4, 0.5) is 0 Å². The Balaban J connectivity index is 1.57. The molecule has 0 fully saturated rings. The first-order valence-corrected chi connectivity index (χ1v) is 8.85. The summed E-state index contributed by atoms with van der Waals surface area (Å²) in [7, 11) is 0. The third-order valence-electron chi connectivity index (χ3n) is 3.72. The lowest BCUT2D eigenvalue weighted by Crippen LogP contribution is -2.24. The Morgan fingerprint density at radius 1 is 1.39 bits per heavy atom. The second kappa shape index (κ2) is 7.15. The molecule has 0 aliphatic carbocycles. The third-order valence-corrected chi connectivity index (χ3v) is 5.39. The summed E-state index contributed by atoms with van der Waals surface area (Å²) < 4.78 is 3.16. The summed E-state index contributed by atoms with van der Waals surface area (Å²) in [5, 5.41) is 4.44. The Hall–Kier alpha value is -1.85. The fraction of sp³-hybridized carbons (Fsp3) is 0.294. The number of aromatic nitrogens is 2. The van der Waals surface area contributed by atoms with Gasteiger partial charge in [-0.2, -0.15) is 0 Å². The highest BCUT2D eigenvalue weighted by Gasteiger charge is 2.16. The SMILES string of the molecule is CCc1nccn1CCCNC(=O)c1sc2ccccc2c1Cl. The lowest BCUT2D eigenvalue weighted by Gasteiger charge is -2.07. The number of benzene rings is 1. The Labute approximate surface area is 144 Å². The molecule has 2 aromatic heterocycles. The summed E-state index contributed by atoms with van der Waals surface area (Å²) in [6.07, 6.45) is 5.56. The van der Waals surface area contributed by atoms with Crippen molar-refractivity contribution in [2.24, 2.45) is 0 Å². The van der Waals surface area contributed by atoms with Crippen LogP contribution >= 0.6 is 22.9 Å². The highest BCUT2D eigenvalue weighted by Crippen LogP contribution is 2.34. The van der Waals surface area contributed by atoms with Gasteiger partial charge in [-0.1, -0.05) is 36.7 Å². The number of fused-ring (bicyclic) bond motifs is 1. The van der Waals surface area contributed by atoms with Crippen LogP contribution in [0.25, 0.3) is 10.1 Å². The summed E-state index contributed by atoms with van der Waals surface area (Å²) >= 11 is 7.76. The molecule has 0 bridgehead atoms. The molecule has 0 aliphatic heterocycles. The molecule has 0 saturated heterocycles. The molecule has 3 rings (SSSR count). The number of aryl methyl sites for hydroxylation is 2. The lowest BCUT2D eigenvalue weighted by molar-refractivity contribution is 0.0957. The molecule has 120 valence electrons. The van der Waals surface area contributed by atoms with Crippen molar-refractivity contribution < 1.29 is 4.79 Å². The molecule has 6 heteroatoms. The van der Waals surface area contributed by atoms with Gasteiger partial charge in [0.2, 0.25) is 0 Å². The number of amides is 1. The Morgan fingerprint density at radius 3 is 3.00 bits per heavy atom. The van der Waals surface area contributed by atoms with E-state index in [1.807, 2.05) is 36.7 Å². The zero-order valence-electron chi connectivity index (χ0n) is 12.9. The quantitative estimate of drug-likeness (QED) is 0.681. The number of thiophene rings is 1. The van der Waals surface area contributed by atoms with Crippen molar-refractivity contribution >= 4 is 38.9 Å². The van der Waals surface area contributed by atoms with Gasteiger partial charge in [0.05, 0.1) is 5.02 Å². The number of carbonyl (C=O) groups is 1. The maximum atomic E-state index is 12.3. The van der Waals surface area contributed by atoms with Gasteiger partial charge in [0.15, 0.2) is 0 Å². The van der Waals surface area contributed by atoms with Gasteiger partial charge >= 0.3 is 0 Å². The van der Waals surface area contributed by atoms with Crippen molar-refractivity contribution in [3.63, 3.8) is 0 Å². The number of nitrogens with zero attached hydrogens (tertiary/aromatic N) is 2. The molecule has 2 heterocycles. The van der Waals surface area contributed by atoms with E-state index in [2.05, 4.69) is 21.8 Å². The van der Waals surface area contributed by atoms with E-state index in [0.717, 1.165) is 35.3 Å². The molecule has 0 radical (unpaired) electrons. The molecule has 1 aromatic carbocycles. The molecule has 0 unspecified atom stereocenters. The van der Waals surface area contributed by atoms with Crippen molar-refractivity contribution in [1.29, 1.82) is 0 Å². The Morgan fingerprint density at radius 2 is 2.22 bits per heavy atom. The number of rotatable bonds is 6. The van der Waals surface area contributed by atoms with E-state index in [1.54, 1.807) is 0 Å². The van der Waals surface area contributed by atoms with Crippen LogP contribution in [0.1, 0.15) is 28.8 Å². The number of nitrogens with one attached hydrogen (secondary N) is 1. The van der Waals surface area contributed by atoms with Crippen molar-refractivity contribution in [2.45, 2.75) is 26.3 Å². The molecule has 1 N–H and O–H groups in total. The second-order valence-corrected chi connectivity index (χ2v) is 6.67. The van der Waals surface area contributed by atoms with Gasteiger partial charge in [0.25, 0.3) is 5.91 Å². The minimum absolute atomic E-state index is 0.0995. The van der Waals surface area contributed by atoms with Gasteiger partial charge < -0.3 is 9.88 Å². The van der Waals surface area contributed by atoms with Gasteiger partial charge in [0, 0.05) is 42.0 Å². The zero-order chi connectivity index (χ0) is 16.2. The Kier molecular flexibility index (Phi) is 4.98. The summed E-state index contributed by atoms with van der Waals surface area (Å²) in [6, 6.07) is 7.80. The average molecular weight is 348 g/mol. The van der Waals surface area contributed by atoms with Crippen molar-refractivity contribution in [3.05, 3.63) is 52.4 Å². The monoisotopic (exact) mass is 347 g/mol. The average Bonchev–Trinajstić information content (AvgIpc) is 3.16. The standard InChI is InChI=1S/C17H18ClN3OS/c1-2-14-19-9-11-21(14)10-5-8-20-17(22)16-15(18)12-6-3-4-7-13(12)23-16/h3-4,6-7,9,11H,2,5,8,10H2,1H3,(H,20,22). The number of imidazole rings is 1. The van der Waals surface area contributed by atoms with E-state index >= 15 is 0 Å². The highest BCUT2D eigenvalue weighted by molar-refractivity contribution is 7.21. The molecule has 4 nitrogen and oxygen atoms in total. The molecule has 0 aliphatic rings. The van der Waals surface area contributed by atoms with Gasteiger partial charge in [-0.25, -0.2) is 4.98 Å². The van der Waals surface area contributed by atoms with Crippen LogP contribution in [0.15, 0.2) is 36.7 Å². The van der Waals surface area contributed by atoms with E-state index in [9.17, 15) is 4.79 Å². The summed E-state index contributed by atoms with van der Waals surface area (Å²) in [6.45, 7) is 3.55. The molecule has 1 amide bonds. The van der Waals surface area contributed by atoms with Crippen LogP contribution in [0.2, 0.25) is 5.02 Å². The Bertz CT molecular complexity index is 824. The topological polar surface area (TPSA) is 46.9 Å². The van der Waals surface area contributed by atoms with Crippen LogP contribution in [0, 0.1) is 0 Å². The molecular formula is C17H18ClN3OS. The van der Waals surface area contributed by atoms with E-state index in [4.69, 9.17) is 11.6 Å². The van der Waals surface area contributed by atoms with E-state index in [1.165, 1.54) is 11.3 Å². The highest BCUT2D eigenvalue weighted by atomic mass is 35.5.